The fourth-order valence-corrected chi connectivity index (χ4v) is 0.867. The maximum atomic E-state index is 12.1. The summed E-state index contributed by atoms with van der Waals surface area (Å²) in [6.45, 7) is 1.36. The second-order valence-electron chi connectivity index (χ2n) is 2.02. The number of carbonyl (C=O) groups is 1. The molecule has 0 N–H and O–H groups in total. The van der Waals surface area contributed by atoms with Gasteiger partial charge in [0.05, 0.1) is 0 Å². The molecule has 1 heterocycles. The molecule has 0 spiro atoms. The summed E-state index contributed by atoms with van der Waals surface area (Å²) in [7, 11) is 0. The molecule has 0 bridgehead atoms. The summed E-state index contributed by atoms with van der Waals surface area (Å²) < 4.78 is 28.7. The van der Waals surface area contributed by atoms with Crippen LogP contribution in [0.2, 0.25) is 0 Å². The van der Waals surface area contributed by atoms with Gasteiger partial charge in [0.2, 0.25) is 5.76 Å². The van der Waals surface area contributed by atoms with Crippen LogP contribution in [0, 0.1) is 6.92 Å². The van der Waals surface area contributed by atoms with Crippen LogP contribution in [0.3, 0.4) is 0 Å². The Bertz CT molecular complexity index is 310. The van der Waals surface area contributed by atoms with Crippen molar-refractivity contribution < 1.29 is 18.0 Å². The molecule has 0 saturated carbocycles. The van der Waals surface area contributed by atoms with Gasteiger partial charge in [-0.1, -0.05) is 0 Å². The van der Waals surface area contributed by atoms with Crippen molar-refractivity contribution in [3.05, 3.63) is 17.3 Å². The molecule has 0 unspecified atom stereocenters. The molecule has 0 radical (unpaired) electrons. The molecule has 0 amide bonds. The second kappa shape index (κ2) is 3.18. The molecule has 12 heavy (non-hydrogen) atoms. The lowest BCUT2D eigenvalue weighted by Crippen LogP contribution is -1.94. The van der Waals surface area contributed by atoms with Crippen LogP contribution < -0.4 is 0 Å². The molecule has 1 aromatic heterocycles. The van der Waals surface area contributed by atoms with Gasteiger partial charge in [-0.05, 0) is 11.6 Å². The number of rotatable bonds is 2. The molecule has 0 saturated heterocycles. The van der Waals surface area contributed by atoms with Gasteiger partial charge < -0.3 is 4.42 Å². The van der Waals surface area contributed by atoms with E-state index in [0.717, 1.165) is 0 Å². The fourth-order valence-electron chi connectivity index (χ4n) is 0.732. The molecular weight excluding hydrogens is 192 g/mol. The highest BCUT2D eigenvalue weighted by Gasteiger charge is 2.23. The first-order valence-electron chi connectivity index (χ1n) is 2.97. The number of aryl methyl sites for hydroxylation is 1. The first kappa shape index (κ1) is 9.12. The summed E-state index contributed by atoms with van der Waals surface area (Å²) in [6, 6.07) is 0. The lowest BCUT2D eigenvalue weighted by atomic mass is 10.4. The summed E-state index contributed by atoms with van der Waals surface area (Å²) in [5.74, 6) is -0.585. The monoisotopic (exact) mass is 195 g/mol. The van der Waals surface area contributed by atoms with Crippen LogP contribution in [-0.2, 0) is 0 Å². The number of nitrogens with zero attached hydrogens (tertiary/aromatic N) is 1. The van der Waals surface area contributed by atoms with Gasteiger partial charge in [-0.2, -0.15) is 0 Å². The van der Waals surface area contributed by atoms with Gasteiger partial charge in [0.1, 0.15) is 0 Å². The maximum Gasteiger partial charge on any atom is 0.290 e. The van der Waals surface area contributed by atoms with Gasteiger partial charge in [0, 0.05) is 6.92 Å². The van der Waals surface area contributed by atoms with Gasteiger partial charge >= 0.3 is 0 Å². The standard InChI is InChI=1S/C6H4ClF2NO2/c1-2-10-3(6(8)9)4(12-2)5(7)11/h6H,1H3. The van der Waals surface area contributed by atoms with Crippen LogP contribution in [0.25, 0.3) is 0 Å². The Morgan fingerprint density at radius 1 is 1.67 bits per heavy atom. The van der Waals surface area contributed by atoms with Crippen LogP contribution >= 0.6 is 11.6 Å². The smallest absolute Gasteiger partial charge is 0.290 e. The zero-order valence-corrected chi connectivity index (χ0v) is 6.73. The highest BCUT2D eigenvalue weighted by Crippen LogP contribution is 2.23. The lowest BCUT2D eigenvalue weighted by Gasteiger charge is -1.91. The second-order valence-corrected chi connectivity index (χ2v) is 2.36. The third-order valence-electron chi connectivity index (χ3n) is 1.15. The highest BCUT2D eigenvalue weighted by atomic mass is 35.5. The number of alkyl halides is 2. The van der Waals surface area contributed by atoms with E-state index in [0.29, 0.717) is 0 Å². The Morgan fingerprint density at radius 3 is 2.58 bits per heavy atom. The quantitative estimate of drug-likeness (QED) is 0.680. The summed E-state index contributed by atoms with van der Waals surface area (Å²) in [6.07, 6.45) is -2.85. The van der Waals surface area contributed by atoms with E-state index in [9.17, 15) is 13.6 Å². The van der Waals surface area contributed by atoms with E-state index in [2.05, 4.69) is 9.40 Å². The minimum Gasteiger partial charge on any atom is -0.436 e. The summed E-state index contributed by atoms with van der Waals surface area (Å²) in [5, 5.41) is -1.06. The van der Waals surface area contributed by atoms with E-state index in [4.69, 9.17) is 11.6 Å². The number of oxazole rings is 1. The topological polar surface area (TPSA) is 43.1 Å². The fraction of sp³-hybridized carbons (Fsp3) is 0.333. The van der Waals surface area contributed by atoms with Crippen molar-refractivity contribution in [3.63, 3.8) is 0 Å². The van der Waals surface area contributed by atoms with Crippen molar-refractivity contribution in [2.45, 2.75) is 13.3 Å². The molecule has 3 nitrogen and oxygen atoms in total. The van der Waals surface area contributed by atoms with E-state index in [-0.39, 0.29) is 5.89 Å². The molecule has 66 valence electrons. The van der Waals surface area contributed by atoms with Crippen molar-refractivity contribution in [2.24, 2.45) is 0 Å². The van der Waals surface area contributed by atoms with Gasteiger partial charge in [0.15, 0.2) is 11.6 Å². The molecule has 0 atom stereocenters. The van der Waals surface area contributed by atoms with E-state index >= 15 is 0 Å². The third-order valence-corrected chi connectivity index (χ3v) is 1.32. The third kappa shape index (κ3) is 1.61. The predicted octanol–water partition coefficient (Wildman–Crippen LogP) is 2.30. The molecule has 1 rings (SSSR count). The first-order valence-corrected chi connectivity index (χ1v) is 3.35. The average molecular weight is 196 g/mol. The Morgan fingerprint density at radius 2 is 2.25 bits per heavy atom. The van der Waals surface area contributed by atoms with Crippen LogP contribution in [-0.4, -0.2) is 10.2 Å². The summed E-state index contributed by atoms with van der Waals surface area (Å²) in [5.41, 5.74) is -0.701. The number of aromatic nitrogens is 1. The van der Waals surface area contributed by atoms with Crippen molar-refractivity contribution in [1.29, 1.82) is 0 Å². The van der Waals surface area contributed by atoms with E-state index < -0.39 is 23.1 Å². The largest absolute Gasteiger partial charge is 0.436 e. The van der Waals surface area contributed by atoms with Gasteiger partial charge in [-0.25, -0.2) is 13.8 Å². The van der Waals surface area contributed by atoms with Gasteiger partial charge in [0.25, 0.3) is 11.7 Å². The SMILES string of the molecule is Cc1nc(C(F)F)c(C(=O)Cl)o1. The highest BCUT2D eigenvalue weighted by molar-refractivity contribution is 6.67. The van der Waals surface area contributed by atoms with Crippen molar-refractivity contribution >= 4 is 16.8 Å². The predicted molar refractivity (Wildman–Crippen MR) is 36.4 cm³/mol. The van der Waals surface area contributed by atoms with E-state index in [1.54, 1.807) is 0 Å². The minimum atomic E-state index is -2.85. The first-order chi connectivity index (χ1) is 5.52. The zero-order chi connectivity index (χ0) is 9.30. The molecule has 0 aliphatic rings. The van der Waals surface area contributed by atoms with E-state index in [1.165, 1.54) is 6.92 Å². The molecule has 0 aliphatic carbocycles. The molecule has 0 fully saturated rings. The molecule has 6 heteroatoms. The van der Waals surface area contributed by atoms with Crippen LogP contribution in [0.15, 0.2) is 4.42 Å². The average Bonchev–Trinajstić information content (AvgIpc) is 2.31. The summed E-state index contributed by atoms with van der Waals surface area (Å²) >= 11 is 4.96. The van der Waals surface area contributed by atoms with Crippen LogP contribution in [0.4, 0.5) is 8.78 Å². The van der Waals surface area contributed by atoms with Crippen molar-refractivity contribution in [3.8, 4) is 0 Å². The normalized spacial score (nSPS) is 10.8. The van der Waals surface area contributed by atoms with Crippen molar-refractivity contribution in [2.75, 3.05) is 0 Å². The Kier molecular flexibility index (Phi) is 2.42. The maximum absolute atomic E-state index is 12.1. The number of halogens is 3. The Labute approximate surface area is 71.3 Å². The Hall–Kier alpha value is -0.970. The molecule has 0 aromatic carbocycles. The van der Waals surface area contributed by atoms with Crippen LogP contribution in [0.5, 0.6) is 0 Å². The van der Waals surface area contributed by atoms with Gasteiger partial charge in [-0.3, -0.25) is 4.79 Å². The van der Waals surface area contributed by atoms with Crippen molar-refractivity contribution in [1.82, 2.24) is 4.98 Å². The van der Waals surface area contributed by atoms with Crippen LogP contribution in [0.1, 0.15) is 28.6 Å². The molecule has 0 aliphatic heterocycles. The Balaban J connectivity index is 3.17. The number of carbonyl (C=O) groups excluding carboxylic acids is 1. The lowest BCUT2D eigenvalue weighted by molar-refractivity contribution is 0.103. The van der Waals surface area contributed by atoms with Gasteiger partial charge in [-0.15, -0.1) is 0 Å². The summed E-state index contributed by atoms with van der Waals surface area (Å²) in [4.78, 5) is 13.8. The zero-order valence-electron chi connectivity index (χ0n) is 5.97. The number of hydrogen-bond donors (Lipinski definition) is 0. The molecule has 1 aromatic rings. The minimum absolute atomic E-state index is 0.00528. The number of hydrogen-bond acceptors (Lipinski definition) is 3. The molecular formula is C6H4ClF2NO2. The van der Waals surface area contributed by atoms with E-state index in [1.807, 2.05) is 0 Å².